The average Bonchev–Trinajstić information content (AvgIpc) is 3.00. The summed E-state index contributed by atoms with van der Waals surface area (Å²) in [5, 5.41) is 2.74. The number of rotatable bonds is 3. The first kappa shape index (κ1) is 12.4. The molecule has 2 heterocycles. The molecule has 0 aromatic carbocycles. The average molecular weight is 240 g/mol. The van der Waals surface area contributed by atoms with Gasteiger partial charge in [-0.15, -0.1) is 0 Å². The lowest BCUT2D eigenvalue weighted by Gasteiger charge is -2.22. The van der Waals surface area contributed by atoms with E-state index < -0.39 is 6.04 Å². The van der Waals surface area contributed by atoms with E-state index in [0.717, 1.165) is 38.8 Å². The molecule has 0 spiro atoms. The fraction of sp³-hybridized carbons (Fsp3) is 0.833. The van der Waals surface area contributed by atoms with E-state index in [9.17, 15) is 9.59 Å². The molecule has 2 saturated heterocycles. The van der Waals surface area contributed by atoms with Crippen molar-refractivity contribution >= 4 is 11.8 Å². The van der Waals surface area contributed by atoms with Crippen LogP contribution in [0, 0.1) is 0 Å². The number of carbonyl (C=O) groups excluding carboxylic acids is 2. The predicted octanol–water partition coefficient (Wildman–Crippen LogP) is 0.292. The molecule has 0 aromatic heterocycles. The van der Waals surface area contributed by atoms with Gasteiger partial charge in [-0.1, -0.05) is 0 Å². The summed E-state index contributed by atoms with van der Waals surface area (Å²) in [7, 11) is 0. The van der Waals surface area contributed by atoms with Gasteiger partial charge in [0.1, 0.15) is 12.1 Å². The monoisotopic (exact) mass is 240 g/mol. The van der Waals surface area contributed by atoms with Crippen molar-refractivity contribution < 1.29 is 14.3 Å². The van der Waals surface area contributed by atoms with Gasteiger partial charge in [0.15, 0.2) is 0 Å². The van der Waals surface area contributed by atoms with Crippen molar-refractivity contribution in [2.75, 3.05) is 19.7 Å². The van der Waals surface area contributed by atoms with Crippen LogP contribution in [0.15, 0.2) is 0 Å². The highest BCUT2D eigenvalue weighted by Crippen LogP contribution is 2.13. The van der Waals surface area contributed by atoms with Gasteiger partial charge in [0.2, 0.25) is 11.8 Å². The fourth-order valence-electron chi connectivity index (χ4n) is 2.36. The minimum absolute atomic E-state index is 0.0221. The largest absolute Gasteiger partial charge is 0.368 e. The first-order valence-corrected chi connectivity index (χ1v) is 6.39. The number of hydrogen-bond acceptors (Lipinski definition) is 3. The van der Waals surface area contributed by atoms with Crippen molar-refractivity contribution in [2.24, 2.45) is 0 Å². The normalized spacial score (nSPS) is 25.9. The van der Waals surface area contributed by atoms with E-state index in [0.29, 0.717) is 6.61 Å². The van der Waals surface area contributed by atoms with Crippen LogP contribution in [0.2, 0.25) is 0 Å². The second-order valence-corrected chi connectivity index (χ2v) is 4.76. The number of likely N-dealkylation sites (tertiary alicyclic amines) is 1. The third-order valence-electron chi connectivity index (χ3n) is 3.37. The van der Waals surface area contributed by atoms with E-state index in [1.54, 1.807) is 6.92 Å². The van der Waals surface area contributed by atoms with Crippen molar-refractivity contribution in [3.63, 3.8) is 0 Å². The quantitative estimate of drug-likeness (QED) is 0.771. The molecule has 0 bridgehead atoms. The van der Waals surface area contributed by atoms with Gasteiger partial charge >= 0.3 is 0 Å². The summed E-state index contributed by atoms with van der Waals surface area (Å²) in [5.41, 5.74) is 0. The summed E-state index contributed by atoms with van der Waals surface area (Å²) in [4.78, 5) is 25.6. The first-order chi connectivity index (χ1) is 8.18. The minimum Gasteiger partial charge on any atom is -0.368 e. The van der Waals surface area contributed by atoms with Gasteiger partial charge in [0.25, 0.3) is 0 Å². The topological polar surface area (TPSA) is 58.6 Å². The molecule has 0 aromatic rings. The van der Waals surface area contributed by atoms with Crippen LogP contribution in [0.3, 0.4) is 0 Å². The molecule has 1 unspecified atom stereocenters. The van der Waals surface area contributed by atoms with Crippen molar-refractivity contribution in [2.45, 2.75) is 44.8 Å². The van der Waals surface area contributed by atoms with E-state index in [1.807, 2.05) is 4.90 Å². The SMILES string of the molecule is C[C@H](NC(=O)C1CCCO1)C(=O)N1CCCC1. The molecular weight excluding hydrogens is 220 g/mol. The highest BCUT2D eigenvalue weighted by atomic mass is 16.5. The van der Waals surface area contributed by atoms with Gasteiger partial charge in [0.05, 0.1) is 0 Å². The Morgan fingerprint density at radius 1 is 1.29 bits per heavy atom. The highest BCUT2D eigenvalue weighted by Gasteiger charge is 2.28. The zero-order valence-corrected chi connectivity index (χ0v) is 10.3. The molecule has 2 amide bonds. The number of nitrogens with zero attached hydrogens (tertiary/aromatic N) is 1. The Morgan fingerprint density at radius 2 is 2.00 bits per heavy atom. The summed E-state index contributed by atoms with van der Waals surface area (Å²) < 4.78 is 5.28. The zero-order valence-electron chi connectivity index (χ0n) is 10.3. The molecule has 0 radical (unpaired) electrons. The molecular formula is C12H20N2O3. The Hall–Kier alpha value is -1.10. The third-order valence-corrected chi connectivity index (χ3v) is 3.37. The van der Waals surface area contributed by atoms with Gasteiger partial charge in [0, 0.05) is 19.7 Å². The highest BCUT2D eigenvalue weighted by molar-refractivity contribution is 5.89. The molecule has 0 saturated carbocycles. The van der Waals surface area contributed by atoms with Gasteiger partial charge in [-0.05, 0) is 32.6 Å². The number of ether oxygens (including phenoxy) is 1. The van der Waals surface area contributed by atoms with Gasteiger partial charge in [-0.25, -0.2) is 0 Å². The van der Waals surface area contributed by atoms with Crippen molar-refractivity contribution in [3.05, 3.63) is 0 Å². The van der Waals surface area contributed by atoms with Gasteiger partial charge in [-0.3, -0.25) is 9.59 Å². The van der Waals surface area contributed by atoms with Crippen LogP contribution in [0.1, 0.15) is 32.6 Å². The van der Waals surface area contributed by atoms with Crippen LogP contribution in [-0.4, -0.2) is 48.6 Å². The lowest BCUT2D eigenvalue weighted by Crippen LogP contribution is -2.48. The molecule has 0 aliphatic carbocycles. The maximum atomic E-state index is 12.0. The van der Waals surface area contributed by atoms with E-state index in [2.05, 4.69) is 5.32 Å². The van der Waals surface area contributed by atoms with Crippen LogP contribution < -0.4 is 5.32 Å². The summed E-state index contributed by atoms with van der Waals surface area (Å²) in [6.07, 6.45) is 3.46. The number of amides is 2. The minimum atomic E-state index is -0.440. The van der Waals surface area contributed by atoms with Crippen molar-refractivity contribution in [3.8, 4) is 0 Å². The summed E-state index contributed by atoms with van der Waals surface area (Å²) in [6.45, 7) is 4.03. The Morgan fingerprint density at radius 3 is 2.59 bits per heavy atom. The van der Waals surface area contributed by atoms with Gasteiger partial charge in [-0.2, -0.15) is 0 Å². The number of carbonyl (C=O) groups is 2. The number of hydrogen-bond donors (Lipinski definition) is 1. The van der Waals surface area contributed by atoms with Crippen LogP contribution in [0.5, 0.6) is 0 Å². The lowest BCUT2D eigenvalue weighted by molar-refractivity contribution is -0.138. The molecule has 2 atom stereocenters. The lowest BCUT2D eigenvalue weighted by atomic mass is 10.2. The first-order valence-electron chi connectivity index (χ1n) is 6.39. The Labute approximate surface area is 101 Å². The van der Waals surface area contributed by atoms with Crippen LogP contribution in [0.25, 0.3) is 0 Å². The standard InChI is InChI=1S/C12H20N2O3/c1-9(12(16)14-6-2-3-7-14)13-11(15)10-5-4-8-17-10/h9-10H,2-8H2,1H3,(H,13,15)/t9-,10?/m0/s1. The van der Waals surface area contributed by atoms with E-state index >= 15 is 0 Å². The van der Waals surface area contributed by atoms with Crippen molar-refractivity contribution in [1.82, 2.24) is 10.2 Å². The smallest absolute Gasteiger partial charge is 0.249 e. The maximum Gasteiger partial charge on any atom is 0.249 e. The Bertz CT molecular complexity index is 294. The molecule has 17 heavy (non-hydrogen) atoms. The van der Waals surface area contributed by atoms with Crippen LogP contribution in [0.4, 0.5) is 0 Å². The zero-order chi connectivity index (χ0) is 12.3. The summed E-state index contributed by atoms with van der Waals surface area (Å²) in [5.74, 6) is -0.128. The van der Waals surface area contributed by atoms with E-state index in [1.165, 1.54) is 0 Å². The maximum absolute atomic E-state index is 12.0. The predicted molar refractivity (Wildman–Crippen MR) is 62.4 cm³/mol. The Balaban J connectivity index is 1.80. The molecule has 1 N–H and O–H groups in total. The van der Waals surface area contributed by atoms with Crippen LogP contribution >= 0.6 is 0 Å². The van der Waals surface area contributed by atoms with E-state index in [4.69, 9.17) is 4.74 Å². The molecule has 2 fully saturated rings. The molecule has 2 aliphatic rings. The summed E-state index contributed by atoms with van der Waals surface area (Å²) in [6, 6.07) is -0.440. The summed E-state index contributed by atoms with van der Waals surface area (Å²) >= 11 is 0. The third kappa shape index (κ3) is 2.97. The van der Waals surface area contributed by atoms with Gasteiger partial charge < -0.3 is 15.0 Å². The molecule has 2 aliphatic heterocycles. The molecule has 96 valence electrons. The van der Waals surface area contributed by atoms with E-state index in [-0.39, 0.29) is 17.9 Å². The Kier molecular flexibility index (Phi) is 3.99. The fourth-order valence-corrected chi connectivity index (χ4v) is 2.36. The van der Waals surface area contributed by atoms with Crippen LogP contribution in [-0.2, 0) is 14.3 Å². The molecule has 5 heteroatoms. The second kappa shape index (κ2) is 5.49. The molecule has 5 nitrogen and oxygen atoms in total. The van der Waals surface area contributed by atoms with Crippen molar-refractivity contribution in [1.29, 1.82) is 0 Å². The molecule has 2 rings (SSSR count). The number of nitrogens with one attached hydrogen (secondary N) is 1. The second-order valence-electron chi connectivity index (χ2n) is 4.76.